The van der Waals surface area contributed by atoms with Gasteiger partial charge < -0.3 is 9.80 Å². The summed E-state index contributed by atoms with van der Waals surface area (Å²) in [5.41, 5.74) is 4.30. The van der Waals surface area contributed by atoms with Gasteiger partial charge in [-0.15, -0.1) is 0 Å². The first-order valence-corrected chi connectivity index (χ1v) is 20.2. The SMILES string of the molecule is CCCCN(C)C(=O)Cc1ccc(-n2nc(C(F)(F)F)c3c2CCCC3)cc1.CN(Cc1ccccc1)C(=O)Cc1ccc(-n2nc(C(F)(F)F)c3c2CCCC3)cc1. The van der Waals surface area contributed by atoms with Gasteiger partial charge in [-0.2, -0.15) is 36.5 Å². The van der Waals surface area contributed by atoms with E-state index < -0.39 is 23.7 Å². The predicted molar refractivity (Wildman–Crippen MR) is 213 cm³/mol. The Bertz CT molecular complexity index is 2190. The molecule has 0 N–H and O–H groups in total. The molecule has 3 aromatic carbocycles. The van der Waals surface area contributed by atoms with E-state index in [0.717, 1.165) is 61.8 Å². The minimum absolute atomic E-state index is 0.0209. The number of nitrogens with zero attached hydrogens (tertiary/aromatic N) is 6. The molecule has 0 bridgehead atoms. The van der Waals surface area contributed by atoms with Gasteiger partial charge in [0.1, 0.15) is 0 Å². The lowest BCUT2D eigenvalue weighted by Gasteiger charge is -2.17. The molecule has 59 heavy (non-hydrogen) atoms. The van der Waals surface area contributed by atoms with Crippen LogP contribution < -0.4 is 0 Å². The van der Waals surface area contributed by atoms with Gasteiger partial charge in [-0.25, -0.2) is 9.36 Å². The van der Waals surface area contributed by atoms with Crippen molar-refractivity contribution in [3.63, 3.8) is 0 Å². The van der Waals surface area contributed by atoms with E-state index in [1.165, 1.54) is 9.36 Å². The lowest BCUT2D eigenvalue weighted by atomic mass is 9.95. The maximum absolute atomic E-state index is 13.4. The molecule has 0 unspecified atom stereocenters. The topological polar surface area (TPSA) is 76.3 Å². The van der Waals surface area contributed by atoms with Crippen molar-refractivity contribution in [1.82, 2.24) is 29.4 Å². The van der Waals surface area contributed by atoms with Gasteiger partial charge in [0.05, 0.1) is 24.2 Å². The van der Waals surface area contributed by atoms with E-state index in [1.54, 1.807) is 72.4 Å². The van der Waals surface area contributed by atoms with Gasteiger partial charge in [-0.3, -0.25) is 9.59 Å². The number of unbranched alkanes of at least 4 members (excludes halogenated alkanes) is 1. The zero-order valence-corrected chi connectivity index (χ0v) is 33.7. The summed E-state index contributed by atoms with van der Waals surface area (Å²) in [5.74, 6) is 0.0180. The first kappa shape index (κ1) is 43.2. The van der Waals surface area contributed by atoms with Gasteiger partial charge in [-0.05, 0) is 98.7 Å². The summed E-state index contributed by atoms with van der Waals surface area (Å²) in [5, 5.41) is 7.82. The maximum atomic E-state index is 13.4. The van der Waals surface area contributed by atoms with Gasteiger partial charge >= 0.3 is 12.4 Å². The van der Waals surface area contributed by atoms with E-state index in [1.807, 2.05) is 30.3 Å². The Balaban J connectivity index is 0.000000199. The Kier molecular flexibility index (Phi) is 13.7. The summed E-state index contributed by atoms with van der Waals surface area (Å²) < 4.78 is 83.2. The third-order valence-electron chi connectivity index (χ3n) is 10.9. The third kappa shape index (κ3) is 10.6. The lowest BCUT2D eigenvalue weighted by Crippen LogP contribution is -2.29. The van der Waals surface area contributed by atoms with Crippen LogP contribution in [0.5, 0.6) is 0 Å². The highest BCUT2D eigenvalue weighted by Crippen LogP contribution is 2.38. The largest absolute Gasteiger partial charge is 0.435 e. The van der Waals surface area contributed by atoms with Crippen molar-refractivity contribution in [2.45, 2.75) is 103 Å². The molecule has 5 aromatic rings. The first-order valence-electron chi connectivity index (χ1n) is 20.2. The molecule has 2 aliphatic carbocycles. The van der Waals surface area contributed by atoms with Gasteiger partial charge in [0, 0.05) is 49.7 Å². The zero-order valence-electron chi connectivity index (χ0n) is 33.7. The number of hydrogen-bond donors (Lipinski definition) is 0. The van der Waals surface area contributed by atoms with Gasteiger partial charge in [0.25, 0.3) is 0 Å². The Labute approximate surface area is 340 Å². The number of amides is 2. The number of carbonyl (C=O) groups is 2. The Morgan fingerprint density at radius 2 is 1.02 bits per heavy atom. The van der Waals surface area contributed by atoms with Crippen molar-refractivity contribution in [2.24, 2.45) is 0 Å². The van der Waals surface area contributed by atoms with E-state index in [9.17, 15) is 35.9 Å². The number of benzene rings is 3. The first-order chi connectivity index (χ1) is 28.1. The third-order valence-corrected chi connectivity index (χ3v) is 10.9. The highest BCUT2D eigenvalue weighted by molar-refractivity contribution is 5.79. The summed E-state index contributed by atoms with van der Waals surface area (Å²) >= 11 is 0. The molecule has 0 radical (unpaired) electrons. The van der Waals surface area contributed by atoms with Crippen LogP contribution in [0.4, 0.5) is 26.3 Å². The summed E-state index contributed by atoms with van der Waals surface area (Å²) in [7, 11) is 3.56. The number of likely N-dealkylation sites (N-methyl/N-ethyl adjacent to an activating group) is 2. The number of fused-ring (bicyclic) bond motifs is 2. The minimum atomic E-state index is -4.46. The Morgan fingerprint density at radius 1 is 0.593 bits per heavy atom. The van der Waals surface area contributed by atoms with Crippen LogP contribution in [0.1, 0.15) is 96.0 Å². The van der Waals surface area contributed by atoms with E-state index in [4.69, 9.17) is 0 Å². The molecule has 7 rings (SSSR count). The molecule has 2 aromatic heterocycles. The molecule has 0 saturated heterocycles. The fourth-order valence-electron chi connectivity index (χ4n) is 7.68. The van der Waals surface area contributed by atoms with E-state index in [-0.39, 0.29) is 24.7 Å². The average molecular weight is 821 g/mol. The summed E-state index contributed by atoms with van der Waals surface area (Å²) in [6.45, 7) is 3.33. The van der Waals surface area contributed by atoms with Crippen LogP contribution in [0.3, 0.4) is 0 Å². The molecule has 0 aliphatic heterocycles. The number of rotatable bonds is 11. The van der Waals surface area contributed by atoms with Crippen molar-refractivity contribution in [1.29, 1.82) is 0 Å². The number of halogens is 6. The molecule has 2 aliphatic rings. The molecule has 14 heteroatoms. The van der Waals surface area contributed by atoms with E-state index in [2.05, 4.69) is 17.1 Å². The molecule has 2 heterocycles. The molecule has 0 fully saturated rings. The number of alkyl halides is 6. The molecule has 0 saturated carbocycles. The number of carbonyl (C=O) groups excluding carboxylic acids is 2. The summed E-state index contributed by atoms with van der Waals surface area (Å²) in [4.78, 5) is 28.2. The monoisotopic (exact) mass is 820 g/mol. The Morgan fingerprint density at radius 3 is 1.44 bits per heavy atom. The maximum Gasteiger partial charge on any atom is 0.435 e. The summed E-state index contributed by atoms with van der Waals surface area (Å²) in [6.07, 6.45) is -1.15. The van der Waals surface area contributed by atoms with Gasteiger partial charge in [-0.1, -0.05) is 67.9 Å². The fraction of sp³-hybridized carbons (Fsp3) is 0.422. The van der Waals surface area contributed by atoms with Crippen LogP contribution in [0.15, 0.2) is 78.9 Å². The van der Waals surface area contributed by atoms with Crippen molar-refractivity contribution in [3.8, 4) is 11.4 Å². The van der Waals surface area contributed by atoms with Gasteiger partial charge in [0.2, 0.25) is 11.8 Å². The minimum Gasteiger partial charge on any atom is -0.345 e. The molecular formula is C45H50F6N6O2. The molecule has 8 nitrogen and oxygen atoms in total. The van der Waals surface area contributed by atoms with Crippen LogP contribution in [0, 0.1) is 0 Å². The second-order valence-electron chi connectivity index (χ2n) is 15.4. The molecule has 0 spiro atoms. The molecular weight excluding hydrogens is 771 g/mol. The predicted octanol–water partition coefficient (Wildman–Crippen LogP) is 9.54. The van der Waals surface area contributed by atoms with Crippen LogP contribution in [0.25, 0.3) is 11.4 Å². The summed E-state index contributed by atoms with van der Waals surface area (Å²) in [6, 6.07) is 23.9. The highest BCUT2D eigenvalue weighted by Gasteiger charge is 2.41. The van der Waals surface area contributed by atoms with Gasteiger partial charge in [0.15, 0.2) is 11.4 Å². The highest BCUT2D eigenvalue weighted by atomic mass is 19.4. The normalized spacial score (nSPS) is 13.8. The second kappa shape index (κ2) is 18.7. The lowest BCUT2D eigenvalue weighted by molar-refractivity contribution is -0.142. The number of hydrogen-bond acceptors (Lipinski definition) is 4. The van der Waals surface area contributed by atoms with Crippen LogP contribution in [0.2, 0.25) is 0 Å². The van der Waals surface area contributed by atoms with Crippen LogP contribution in [-0.4, -0.2) is 61.8 Å². The van der Waals surface area contributed by atoms with Crippen molar-refractivity contribution in [2.75, 3.05) is 20.6 Å². The van der Waals surface area contributed by atoms with Crippen LogP contribution in [-0.2, 0) is 67.0 Å². The van der Waals surface area contributed by atoms with E-state index >= 15 is 0 Å². The number of aromatic nitrogens is 4. The van der Waals surface area contributed by atoms with Crippen molar-refractivity contribution < 1.29 is 35.9 Å². The smallest absolute Gasteiger partial charge is 0.345 e. The zero-order chi connectivity index (χ0) is 42.3. The van der Waals surface area contributed by atoms with Crippen molar-refractivity contribution >= 4 is 11.8 Å². The fourth-order valence-corrected chi connectivity index (χ4v) is 7.68. The Hall–Kier alpha value is -5.40. The van der Waals surface area contributed by atoms with Crippen LogP contribution >= 0.6 is 0 Å². The average Bonchev–Trinajstić information content (AvgIpc) is 3.82. The molecule has 2 amide bonds. The van der Waals surface area contributed by atoms with E-state index in [0.29, 0.717) is 66.1 Å². The molecule has 0 atom stereocenters. The molecule has 314 valence electrons. The second-order valence-corrected chi connectivity index (χ2v) is 15.4. The van der Waals surface area contributed by atoms with Crippen molar-refractivity contribution in [3.05, 3.63) is 129 Å². The standard InChI is InChI=1S/C24H24F3N3O.C21H26F3N3O/c1-29(16-18-7-3-2-4-8-18)22(31)15-17-11-13-19(14-12-17)30-21-10-6-5-9-20(21)23(28-30)24(25,26)27;1-3-4-13-26(2)19(28)14-15-9-11-16(12-10-15)27-18-8-6-5-7-17(18)20(25-27)21(22,23)24/h2-4,7-8,11-14H,5-6,9-10,15-16H2,1H3;9-12H,3-8,13-14H2,1-2H3. The quantitative estimate of drug-likeness (QED) is 0.125.